The van der Waals surface area contributed by atoms with Gasteiger partial charge in [0.05, 0.1) is 21.4 Å². The fraction of sp³-hybridized carbons (Fsp3) is 0.444. The molecule has 0 radical (unpaired) electrons. The second-order valence-corrected chi connectivity index (χ2v) is 7.43. The molecule has 8 heteroatoms. The quantitative estimate of drug-likeness (QED) is 0.822. The van der Waals surface area contributed by atoms with E-state index in [9.17, 15) is 9.90 Å². The molecule has 1 saturated heterocycles. The van der Waals surface area contributed by atoms with Crippen LogP contribution in [0.1, 0.15) is 24.1 Å². The third-order valence-corrected chi connectivity index (χ3v) is 5.63. The van der Waals surface area contributed by atoms with E-state index in [1.165, 1.54) is 0 Å². The van der Waals surface area contributed by atoms with Crippen molar-refractivity contribution in [1.29, 1.82) is 0 Å². The fourth-order valence-electron chi connectivity index (χ4n) is 3.05. The molecule has 1 aliphatic rings. The monoisotopic (exact) mass is 396 g/mol. The van der Waals surface area contributed by atoms with Crippen LogP contribution in [0.15, 0.2) is 18.2 Å². The number of piperidine rings is 1. The molecule has 1 aromatic heterocycles. The highest BCUT2D eigenvalue weighted by Crippen LogP contribution is 2.28. The molecule has 6 nitrogen and oxygen atoms in total. The van der Waals surface area contributed by atoms with Crippen LogP contribution in [0, 0.1) is 19.8 Å². The summed E-state index contributed by atoms with van der Waals surface area (Å²) in [5.41, 5.74) is 2.45. The lowest BCUT2D eigenvalue weighted by Gasteiger charge is -2.31. The Bertz CT molecular complexity index is 814. The number of anilines is 1. The molecule has 0 unspecified atom stereocenters. The Labute approximate surface area is 162 Å². The number of carbonyl (C=O) groups excluding carboxylic acids is 1. The Kier molecular flexibility index (Phi) is 5.75. The largest absolute Gasteiger partial charge is 0.396 e. The zero-order valence-corrected chi connectivity index (χ0v) is 16.3. The number of likely N-dealkylation sites (tertiary alicyclic amines) is 1. The molecule has 1 fully saturated rings. The highest BCUT2D eigenvalue weighted by Gasteiger charge is 2.24. The van der Waals surface area contributed by atoms with Crippen LogP contribution in [0.4, 0.5) is 10.6 Å². The molecule has 26 heavy (non-hydrogen) atoms. The number of aliphatic hydroxyl groups excluding tert-OH is 1. The molecular weight excluding hydrogens is 375 g/mol. The first kappa shape index (κ1) is 19.0. The maximum atomic E-state index is 12.7. The van der Waals surface area contributed by atoms with Gasteiger partial charge in [0.15, 0.2) is 0 Å². The Balaban J connectivity index is 1.83. The number of hydrogen-bond donors (Lipinski definition) is 2. The number of aromatic nitrogens is 2. The van der Waals surface area contributed by atoms with Gasteiger partial charge in [0, 0.05) is 25.3 Å². The second kappa shape index (κ2) is 7.86. The standard InChI is InChI=1S/C18H22Cl2N4O2/c1-11-12(2)22-24(14-3-4-15(19)16(20)9-14)17(11)21-18(26)23-7-5-13(10-25)6-8-23/h3-4,9,13,25H,5-8,10H2,1-2H3,(H,21,26). The summed E-state index contributed by atoms with van der Waals surface area (Å²) < 4.78 is 1.67. The van der Waals surface area contributed by atoms with Gasteiger partial charge in [0.25, 0.3) is 0 Å². The number of rotatable bonds is 3. The van der Waals surface area contributed by atoms with E-state index in [0.717, 1.165) is 29.8 Å². The van der Waals surface area contributed by atoms with Crippen molar-refractivity contribution in [2.75, 3.05) is 25.0 Å². The maximum absolute atomic E-state index is 12.7. The van der Waals surface area contributed by atoms with Gasteiger partial charge < -0.3 is 10.0 Å². The van der Waals surface area contributed by atoms with Gasteiger partial charge in [-0.05, 0) is 50.8 Å². The van der Waals surface area contributed by atoms with Gasteiger partial charge in [-0.2, -0.15) is 5.10 Å². The smallest absolute Gasteiger partial charge is 0.323 e. The number of hydrogen-bond acceptors (Lipinski definition) is 3. The number of carbonyl (C=O) groups is 1. The lowest BCUT2D eigenvalue weighted by molar-refractivity contribution is 0.143. The number of amides is 2. The van der Waals surface area contributed by atoms with Crippen LogP contribution >= 0.6 is 23.2 Å². The summed E-state index contributed by atoms with van der Waals surface area (Å²) >= 11 is 12.1. The predicted octanol–water partition coefficient (Wildman–Crippen LogP) is 4.03. The first-order valence-corrected chi connectivity index (χ1v) is 9.34. The van der Waals surface area contributed by atoms with Crippen molar-refractivity contribution in [3.05, 3.63) is 39.5 Å². The number of urea groups is 1. The third-order valence-electron chi connectivity index (χ3n) is 4.89. The molecule has 2 heterocycles. The summed E-state index contributed by atoms with van der Waals surface area (Å²) in [5.74, 6) is 0.903. The van der Waals surface area contributed by atoms with Crippen LogP contribution in [0.2, 0.25) is 10.0 Å². The van der Waals surface area contributed by atoms with Crippen molar-refractivity contribution in [3.63, 3.8) is 0 Å². The first-order valence-electron chi connectivity index (χ1n) is 8.59. The van der Waals surface area contributed by atoms with Gasteiger partial charge in [-0.1, -0.05) is 23.2 Å². The van der Waals surface area contributed by atoms with Gasteiger partial charge in [-0.25, -0.2) is 9.48 Å². The summed E-state index contributed by atoms with van der Waals surface area (Å²) in [6.07, 6.45) is 1.63. The molecule has 0 saturated carbocycles. The van der Waals surface area contributed by atoms with Crippen LogP contribution in [0.5, 0.6) is 0 Å². The number of aliphatic hydroxyl groups is 1. The van der Waals surface area contributed by atoms with Crippen LogP contribution < -0.4 is 5.32 Å². The molecule has 140 valence electrons. The molecule has 2 aromatic rings. The Morgan fingerprint density at radius 2 is 1.96 bits per heavy atom. The summed E-state index contributed by atoms with van der Waals surface area (Å²) in [4.78, 5) is 14.5. The van der Waals surface area contributed by atoms with Crippen LogP contribution in [-0.2, 0) is 0 Å². The average Bonchev–Trinajstić information content (AvgIpc) is 2.92. The van der Waals surface area contributed by atoms with Crippen LogP contribution in [-0.4, -0.2) is 45.5 Å². The molecule has 2 N–H and O–H groups in total. The third kappa shape index (κ3) is 3.82. The van der Waals surface area contributed by atoms with Crippen molar-refractivity contribution in [3.8, 4) is 5.69 Å². The molecule has 1 aliphatic heterocycles. The fourth-order valence-corrected chi connectivity index (χ4v) is 3.35. The van der Waals surface area contributed by atoms with E-state index in [0.29, 0.717) is 29.0 Å². The minimum atomic E-state index is -0.161. The first-order chi connectivity index (χ1) is 12.4. The number of nitrogens with zero attached hydrogens (tertiary/aromatic N) is 3. The molecule has 0 spiro atoms. The topological polar surface area (TPSA) is 70.4 Å². The second-order valence-electron chi connectivity index (χ2n) is 6.61. The van der Waals surface area contributed by atoms with Gasteiger partial charge in [0.1, 0.15) is 5.82 Å². The average molecular weight is 397 g/mol. The van der Waals surface area contributed by atoms with Gasteiger partial charge in [0.2, 0.25) is 0 Å². The number of halogens is 2. The molecule has 0 atom stereocenters. The lowest BCUT2D eigenvalue weighted by atomic mass is 9.98. The zero-order chi connectivity index (χ0) is 18.8. The van der Waals surface area contributed by atoms with Crippen molar-refractivity contribution >= 4 is 35.1 Å². The van der Waals surface area contributed by atoms with E-state index in [4.69, 9.17) is 23.2 Å². The molecular formula is C18H22Cl2N4O2. The van der Waals surface area contributed by atoms with Gasteiger partial charge in [-0.3, -0.25) is 5.32 Å². The predicted molar refractivity (Wildman–Crippen MR) is 103 cm³/mol. The maximum Gasteiger partial charge on any atom is 0.323 e. The number of aryl methyl sites for hydroxylation is 1. The van der Waals surface area contributed by atoms with E-state index < -0.39 is 0 Å². The Hall–Kier alpha value is -1.76. The van der Waals surface area contributed by atoms with Crippen LogP contribution in [0.3, 0.4) is 0 Å². The van der Waals surface area contributed by atoms with E-state index in [2.05, 4.69) is 10.4 Å². The van der Waals surface area contributed by atoms with Crippen molar-refractivity contribution in [2.24, 2.45) is 5.92 Å². The van der Waals surface area contributed by atoms with E-state index >= 15 is 0 Å². The van der Waals surface area contributed by atoms with Gasteiger partial charge >= 0.3 is 6.03 Å². The minimum absolute atomic E-state index is 0.161. The van der Waals surface area contributed by atoms with Gasteiger partial charge in [-0.15, -0.1) is 0 Å². The summed E-state index contributed by atoms with van der Waals surface area (Å²) in [6, 6.07) is 5.07. The van der Waals surface area contributed by atoms with Crippen molar-refractivity contribution in [2.45, 2.75) is 26.7 Å². The molecule has 1 aromatic carbocycles. The molecule has 0 aliphatic carbocycles. The molecule has 2 amide bonds. The number of nitrogens with one attached hydrogen (secondary N) is 1. The molecule has 0 bridgehead atoms. The number of benzene rings is 1. The van der Waals surface area contributed by atoms with Crippen molar-refractivity contribution < 1.29 is 9.90 Å². The highest BCUT2D eigenvalue weighted by atomic mass is 35.5. The molecule has 3 rings (SSSR count). The Morgan fingerprint density at radius 3 is 2.58 bits per heavy atom. The highest BCUT2D eigenvalue weighted by molar-refractivity contribution is 6.42. The zero-order valence-electron chi connectivity index (χ0n) is 14.8. The Morgan fingerprint density at radius 1 is 1.27 bits per heavy atom. The van der Waals surface area contributed by atoms with E-state index in [1.807, 2.05) is 19.9 Å². The van der Waals surface area contributed by atoms with Crippen molar-refractivity contribution in [1.82, 2.24) is 14.7 Å². The van der Waals surface area contributed by atoms with E-state index in [-0.39, 0.29) is 18.6 Å². The normalized spacial score (nSPS) is 15.3. The summed E-state index contributed by atoms with van der Waals surface area (Å²) in [7, 11) is 0. The minimum Gasteiger partial charge on any atom is -0.396 e. The van der Waals surface area contributed by atoms with Crippen LogP contribution in [0.25, 0.3) is 5.69 Å². The summed E-state index contributed by atoms with van der Waals surface area (Å²) in [5, 5.41) is 17.6. The SMILES string of the molecule is Cc1nn(-c2ccc(Cl)c(Cl)c2)c(NC(=O)N2CCC(CO)CC2)c1C. The van der Waals surface area contributed by atoms with E-state index in [1.54, 1.807) is 21.7 Å². The lowest BCUT2D eigenvalue weighted by Crippen LogP contribution is -2.42. The summed E-state index contributed by atoms with van der Waals surface area (Å²) in [6.45, 7) is 5.26.